The SMILES string of the molecule is CN(C)c1ncc(CN2CCC(c3cc(F)cc4c3CN(C3CCC(=O)NC3=O)C4=O)CC2)cn1. The van der Waals surface area contributed by atoms with Crippen LogP contribution in [0.4, 0.5) is 10.3 Å². The first-order chi connectivity index (χ1) is 16.8. The average Bonchev–Trinajstić information content (AvgIpc) is 3.15. The first kappa shape index (κ1) is 23.3. The van der Waals surface area contributed by atoms with Crippen LogP contribution in [0.5, 0.6) is 0 Å². The van der Waals surface area contributed by atoms with Crippen molar-refractivity contribution in [1.29, 1.82) is 0 Å². The third-order valence-electron chi connectivity index (χ3n) is 7.18. The summed E-state index contributed by atoms with van der Waals surface area (Å²) in [7, 11) is 3.81. The topological polar surface area (TPSA) is 98.7 Å². The maximum absolute atomic E-state index is 14.6. The number of nitrogens with one attached hydrogen (secondary N) is 1. The number of fused-ring (bicyclic) bond motifs is 1. The number of halogens is 1. The van der Waals surface area contributed by atoms with Gasteiger partial charge in [0, 0.05) is 57.1 Å². The van der Waals surface area contributed by atoms with Crippen LogP contribution < -0.4 is 10.2 Å². The number of carbonyl (C=O) groups is 3. The third kappa shape index (κ3) is 4.62. The van der Waals surface area contributed by atoms with E-state index in [-0.39, 0.29) is 30.7 Å². The highest BCUT2D eigenvalue weighted by atomic mass is 19.1. The molecule has 1 N–H and O–H groups in total. The molecule has 2 aromatic rings. The summed E-state index contributed by atoms with van der Waals surface area (Å²) in [6.45, 7) is 2.71. The van der Waals surface area contributed by atoms with Crippen LogP contribution in [0.3, 0.4) is 0 Å². The number of aromatic nitrogens is 2. The minimum atomic E-state index is -0.702. The molecular weight excluding hydrogens is 451 g/mol. The zero-order valence-corrected chi connectivity index (χ0v) is 20.0. The summed E-state index contributed by atoms with van der Waals surface area (Å²) in [5, 5.41) is 2.31. The highest BCUT2D eigenvalue weighted by Gasteiger charge is 2.41. The Labute approximate surface area is 203 Å². The van der Waals surface area contributed by atoms with Crippen LogP contribution in [0.25, 0.3) is 0 Å². The second kappa shape index (κ2) is 9.33. The lowest BCUT2D eigenvalue weighted by Gasteiger charge is -2.33. The van der Waals surface area contributed by atoms with Crippen LogP contribution >= 0.6 is 0 Å². The van der Waals surface area contributed by atoms with Gasteiger partial charge in [0.15, 0.2) is 0 Å². The molecule has 2 saturated heterocycles. The zero-order valence-electron chi connectivity index (χ0n) is 20.0. The number of benzene rings is 1. The van der Waals surface area contributed by atoms with Crippen molar-refractivity contribution < 1.29 is 18.8 Å². The van der Waals surface area contributed by atoms with Gasteiger partial charge in [0.2, 0.25) is 17.8 Å². The fourth-order valence-electron chi connectivity index (χ4n) is 5.34. The van der Waals surface area contributed by atoms with Crippen LogP contribution in [-0.4, -0.2) is 70.7 Å². The number of imide groups is 1. The van der Waals surface area contributed by atoms with Crippen molar-refractivity contribution in [2.45, 2.75) is 50.7 Å². The molecule has 0 radical (unpaired) electrons. The van der Waals surface area contributed by atoms with Gasteiger partial charge in [-0.25, -0.2) is 14.4 Å². The van der Waals surface area contributed by atoms with Gasteiger partial charge in [-0.15, -0.1) is 0 Å². The Morgan fingerprint density at radius 3 is 2.46 bits per heavy atom. The van der Waals surface area contributed by atoms with Gasteiger partial charge in [-0.3, -0.25) is 24.6 Å². The van der Waals surface area contributed by atoms with E-state index in [2.05, 4.69) is 20.2 Å². The predicted molar refractivity (Wildman–Crippen MR) is 126 cm³/mol. The van der Waals surface area contributed by atoms with E-state index >= 15 is 0 Å². The largest absolute Gasteiger partial charge is 0.347 e. The lowest BCUT2D eigenvalue weighted by atomic mass is 9.85. The van der Waals surface area contributed by atoms with Crippen molar-refractivity contribution in [1.82, 2.24) is 25.1 Å². The lowest BCUT2D eigenvalue weighted by molar-refractivity contribution is -0.136. The maximum atomic E-state index is 14.6. The number of hydrogen-bond donors (Lipinski definition) is 1. The van der Waals surface area contributed by atoms with E-state index in [4.69, 9.17) is 0 Å². The molecule has 3 aliphatic rings. The molecule has 0 saturated carbocycles. The number of nitrogens with zero attached hydrogens (tertiary/aromatic N) is 5. The fraction of sp³-hybridized carbons (Fsp3) is 0.480. The summed E-state index contributed by atoms with van der Waals surface area (Å²) in [5.41, 5.74) is 3.06. The van der Waals surface area contributed by atoms with Crippen LogP contribution in [0.15, 0.2) is 24.5 Å². The van der Waals surface area contributed by atoms with Gasteiger partial charge in [-0.1, -0.05) is 0 Å². The van der Waals surface area contributed by atoms with Crippen LogP contribution in [0.2, 0.25) is 0 Å². The highest BCUT2D eigenvalue weighted by molar-refractivity contribution is 6.05. The summed E-state index contributed by atoms with van der Waals surface area (Å²) in [5.74, 6) is -0.744. The Hall–Kier alpha value is -3.40. The van der Waals surface area contributed by atoms with Gasteiger partial charge >= 0.3 is 0 Å². The molecular formula is C25H29FN6O3. The molecule has 2 fully saturated rings. The number of piperidine rings is 2. The molecule has 10 heteroatoms. The predicted octanol–water partition coefficient (Wildman–Crippen LogP) is 1.82. The monoisotopic (exact) mass is 480 g/mol. The molecule has 184 valence electrons. The summed E-state index contributed by atoms with van der Waals surface area (Å²) in [6.07, 6.45) is 5.88. The molecule has 0 bridgehead atoms. The second-order valence-electron chi connectivity index (χ2n) is 9.76. The zero-order chi connectivity index (χ0) is 24.7. The molecule has 0 spiro atoms. The average molecular weight is 481 g/mol. The molecule has 5 rings (SSSR count). The highest BCUT2D eigenvalue weighted by Crippen LogP contribution is 2.38. The van der Waals surface area contributed by atoms with Gasteiger partial charge in [0.25, 0.3) is 5.91 Å². The molecule has 1 aromatic carbocycles. The minimum Gasteiger partial charge on any atom is -0.347 e. The Bertz CT molecular complexity index is 1160. The van der Waals surface area contributed by atoms with Gasteiger partial charge in [-0.05, 0) is 61.5 Å². The lowest BCUT2D eigenvalue weighted by Crippen LogP contribution is -2.52. The minimum absolute atomic E-state index is 0.137. The number of amides is 3. The summed E-state index contributed by atoms with van der Waals surface area (Å²) in [4.78, 5) is 51.4. The molecule has 3 amide bonds. The number of anilines is 1. The van der Waals surface area contributed by atoms with Gasteiger partial charge in [-0.2, -0.15) is 0 Å². The van der Waals surface area contributed by atoms with E-state index in [1.54, 1.807) is 6.07 Å². The van der Waals surface area contributed by atoms with Gasteiger partial charge in [0.05, 0.1) is 0 Å². The van der Waals surface area contributed by atoms with Gasteiger partial charge in [0.1, 0.15) is 11.9 Å². The molecule has 4 heterocycles. The summed E-state index contributed by atoms with van der Waals surface area (Å²) < 4.78 is 14.6. The van der Waals surface area contributed by atoms with E-state index in [0.29, 0.717) is 17.9 Å². The number of rotatable bonds is 5. The van der Waals surface area contributed by atoms with Crippen molar-refractivity contribution in [3.8, 4) is 0 Å². The van der Waals surface area contributed by atoms with Crippen molar-refractivity contribution in [2.24, 2.45) is 0 Å². The Kier molecular flexibility index (Phi) is 6.22. The number of carbonyl (C=O) groups excluding carboxylic acids is 3. The molecule has 1 aromatic heterocycles. The molecule has 35 heavy (non-hydrogen) atoms. The van der Waals surface area contributed by atoms with Gasteiger partial charge < -0.3 is 9.80 Å². The normalized spacial score (nSPS) is 21.3. The maximum Gasteiger partial charge on any atom is 0.255 e. The number of likely N-dealkylation sites (tertiary alicyclic amines) is 1. The Balaban J connectivity index is 1.28. The molecule has 1 unspecified atom stereocenters. The fourth-order valence-corrected chi connectivity index (χ4v) is 5.34. The Morgan fingerprint density at radius 2 is 1.80 bits per heavy atom. The van der Waals surface area contributed by atoms with Crippen molar-refractivity contribution in [3.05, 3.63) is 52.6 Å². The second-order valence-corrected chi connectivity index (χ2v) is 9.76. The quantitative estimate of drug-likeness (QED) is 0.652. The number of hydrogen-bond acceptors (Lipinski definition) is 7. The van der Waals surface area contributed by atoms with Crippen molar-refractivity contribution in [2.75, 3.05) is 32.1 Å². The van der Waals surface area contributed by atoms with E-state index in [1.807, 2.05) is 31.4 Å². The van der Waals surface area contributed by atoms with Crippen LogP contribution in [0, 0.1) is 5.82 Å². The molecule has 9 nitrogen and oxygen atoms in total. The third-order valence-corrected chi connectivity index (χ3v) is 7.18. The smallest absolute Gasteiger partial charge is 0.255 e. The van der Waals surface area contributed by atoms with Crippen molar-refractivity contribution in [3.63, 3.8) is 0 Å². The first-order valence-corrected chi connectivity index (χ1v) is 12.0. The first-order valence-electron chi connectivity index (χ1n) is 12.0. The summed E-state index contributed by atoms with van der Waals surface area (Å²) in [6, 6.07) is 2.12. The standard InChI is InChI=1S/C25H29FN6O3/c1-30(2)25-27-11-15(12-28-25)13-31-7-5-16(6-8-31)18-9-17(26)10-19-20(18)14-32(24(19)35)21-3-4-22(33)29-23(21)34/h9-12,16,21H,3-8,13-14H2,1-2H3,(H,29,33,34). The van der Waals surface area contributed by atoms with E-state index in [9.17, 15) is 18.8 Å². The van der Waals surface area contributed by atoms with E-state index in [1.165, 1.54) is 11.0 Å². The van der Waals surface area contributed by atoms with E-state index < -0.39 is 17.8 Å². The molecule has 3 aliphatic heterocycles. The van der Waals surface area contributed by atoms with E-state index in [0.717, 1.165) is 49.2 Å². The van der Waals surface area contributed by atoms with Crippen molar-refractivity contribution >= 4 is 23.7 Å². The van der Waals surface area contributed by atoms with Crippen LogP contribution in [-0.2, 0) is 22.7 Å². The molecule has 1 atom stereocenters. The van der Waals surface area contributed by atoms with Crippen LogP contribution in [0.1, 0.15) is 58.6 Å². The molecule has 0 aliphatic carbocycles. The Morgan fingerprint density at radius 1 is 1.09 bits per heavy atom. The summed E-state index contributed by atoms with van der Waals surface area (Å²) >= 11 is 0.